The summed E-state index contributed by atoms with van der Waals surface area (Å²) in [6.45, 7) is 0.291. The maximum Gasteiger partial charge on any atom is 0.258 e. The Kier molecular flexibility index (Phi) is 5.53. The Balaban J connectivity index is 1.58. The molecule has 1 heterocycles. The van der Waals surface area contributed by atoms with Gasteiger partial charge in [-0.1, -0.05) is 24.3 Å². The van der Waals surface area contributed by atoms with Crippen LogP contribution in [0.1, 0.15) is 5.56 Å². The quantitative estimate of drug-likeness (QED) is 0.708. The third kappa shape index (κ3) is 4.03. The van der Waals surface area contributed by atoms with E-state index in [0.717, 1.165) is 16.5 Å². The molecule has 0 saturated heterocycles. The average molecular weight is 352 g/mol. The molecule has 3 rings (SSSR count). The molecule has 2 aromatic carbocycles. The molecule has 0 saturated carbocycles. The predicted molar refractivity (Wildman–Crippen MR) is 98.6 cm³/mol. The number of amides is 1. The van der Waals surface area contributed by atoms with Crippen molar-refractivity contribution in [2.45, 2.75) is 6.54 Å². The molecule has 134 valence electrons. The van der Waals surface area contributed by atoms with Crippen molar-refractivity contribution in [2.75, 3.05) is 20.8 Å². The Morgan fingerprint density at radius 2 is 1.81 bits per heavy atom. The van der Waals surface area contributed by atoms with Gasteiger partial charge in [0.1, 0.15) is 11.3 Å². The zero-order valence-electron chi connectivity index (χ0n) is 14.7. The van der Waals surface area contributed by atoms with Gasteiger partial charge in [-0.3, -0.25) is 9.78 Å². The smallest absolute Gasteiger partial charge is 0.258 e. The summed E-state index contributed by atoms with van der Waals surface area (Å²) in [4.78, 5) is 16.4. The molecule has 0 fully saturated rings. The molecule has 6 nitrogen and oxygen atoms in total. The van der Waals surface area contributed by atoms with Gasteiger partial charge in [0.2, 0.25) is 0 Å². The highest BCUT2D eigenvalue weighted by molar-refractivity contribution is 5.85. The number of ether oxygens (including phenoxy) is 3. The van der Waals surface area contributed by atoms with Gasteiger partial charge in [0.15, 0.2) is 18.1 Å². The first-order chi connectivity index (χ1) is 12.7. The largest absolute Gasteiger partial charge is 0.493 e. The van der Waals surface area contributed by atoms with E-state index in [0.29, 0.717) is 23.8 Å². The number of carbonyl (C=O) groups is 1. The van der Waals surface area contributed by atoms with Crippen molar-refractivity contribution in [1.29, 1.82) is 0 Å². The number of nitrogens with one attached hydrogen (secondary N) is 1. The standard InChI is InChI=1S/C20H20N2O4/c1-24-16-9-8-14(11-18(16)25-2)12-22-19(23)13-26-17-7-3-5-15-6-4-10-21-20(15)17/h3-11H,12-13H2,1-2H3,(H,22,23). The third-order valence-corrected chi connectivity index (χ3v) is 3.89. The zero-order chi connectivity index (χ0) is 18.4. The van der Waals surface area contributed by atoms with Crippen molar-refractivity contribution in [3.05, 3.63) is 60.3 Å². The summed E-state index contributed by atoms with van der Waals surface area (Å²) in [6.07, 6.45) is 1.70. The Labute approximate surface area is 151 Å². The van der Waals surface area contributed by atoms with Crippen LogP contribution >= 0.6 is 0 Å². The van der Waals surface area contributed by atoms with Crippen molar-refractivity contribution in [2.24, 2.45) is 0 Å². The summed E-state index contributed by atoms with van der Waals surface area (Å²) < 4.78 is 16.1. The molecule has 0 atom stereocenters. The number of para-hydroxylation sites is 1. The fourth-order valence-corrected chi connectivity index (χ4v) is 2.58. The van der Waals surface area contributed by atoms with E-state index in [1.165, 1.54) is 0 Å². The molecule has 0 radical (unpaired) electrons. The number of fused-ring (bicyclic) bond motifs is 1. The van der Waals surface area contributed by atoms with Crippen LogP contribution < -0.4 is 19.5 Å². The number of aromatic nitrogens is 1. The van der Waals surface area contributed by atoms with E-state index in [1.807, 2.05) is 36.4 Å². The van der Waals surface area contributed by atoms with E-state index < -0.39 is 0 Å². The fraction of sp³-hybridized carbons (Fsp3) is 0.200. The van der Waals surface area contributed by atoms with Crippen molar-refractivity contribution in [3.63, 3.8) is 0 Å². The molecule has 0 aliphatic rings. The SMILES string of the molecule is COc1ccc(CNC(=O)COc2cccc3cccnc23)cc1OC. The van der Waals surface area contributed by atoms with Gasteiger partial charge in [0, 0.05) is 18.1 Å². The molecule has 0 unspecified atom stereocenters. The Hall–Kier alpha value is -3.28. The Morgan fingerprint density at radius 1 is 1.00 bits per heavy atom. The number of hydrogen-bond donors (Lipinski definition) is 1. The number of rotatable bonds is 7. The van der Waals surface area contributed by atoms with E-state index >= 15 is 0 Å². The fourth-order valence-electron chi connectivity index (χ4n) is 2.58. The summed E-state index contributed by atoms with van der Waals surface area (Å²) in [7, 11) is 3.16. The molecular formula is C20H20N2O4. The van der Waals surface area contributed by atoms with Gasteiger partial charge in [-0.15, -0.1) is 0 Å². The Bertz CT molecular complexity index is 906. The second kappa shape index (κ2) is 8.20. The summed E-state index contributed by atoms with van der Waals surface area (Å²) in [5.41, 5.74) is 1.64. The molecule has 6 heteroatoms. The normalized spacial score (nSPS) is 10.4. The van der Waals surface area contributed by atoms with Crippen molar-refractivity contribution < 1.29 is 19.0 Å². The third-order valence-electron chi connectivity index (χ3n) is 3.89. The molecule has 1 aromatic heterocycles. The Morgan fingerprint density at radius 3 is 2.62 bits per heavy atom. The predicted octanol–water partition coefficient (Wildman–Crippen LogP) is 2.95. The first-order valence-corrected chi connectivity index (χ1v) is 8.15. The van der Waals surface area contributed by atoms with Gasteiger partial charge in [0.05, 0.1) is 14.2 Å². The van der Waals surface area contributed by atoms with Crippen LogP contribution in [0.15, 0.2) is 54.7 Å². The van der Waals surface area contributed by atoms with Crippen LogP contribution in [0.2, 0.25) is 0 Å². The molecular weight excluding hydrogens is 332 g/mol. The maximum absolute atomic E-state index is 12.1. The van der Waals surface area contributed by atoms with Crippen LogP contribution in [-0.2, 0) is 11.3 Å². The molecule has 3 aromatic rings. The van der Waals surface area contributed by atoms with Crippen molar-refractivity contribution >= 4 is 16.8 Å². The lowest BCUT2D eigenvalue weighted by Crippen LogP contribution is -2.28. The highest BCUT2D eigenvalue weighted by Gasteiger charge is 2.08. The van der Waals surface area contributed by atoms with Crippen molar-refractivity contribution in [3.8, 4) is 17.2 Å². The minimum absolute atomic E-state index is 0.0804. The molecule has 0 aliphatic carbocycles. The second-order valence-corrected chi connectivity index (χ2v) is 5.59. The molecule has 1 amide bonds. The highest BCUT2D eigenvalue weighted by atomic mass is 16.5. The zero-order valence-corrected chi connectivity index (χ0v) is 14.7. The van der Waals surface area contributed by atoms with Gasteiger partial charge in [0.25, 0.3) is 5.91 Å². The highest BCUT2D eigenvalue weighted by Crippen LogP contribution is 2.27. The van der Waals surface area contributed by atoms with Crippen LogP contribution in [0.5, 0.6) is 17.2 Å². The van der Waals surface area contributed by atoms with Gasteiger partial charge < -0.3 is 19.5 Å². The molecule has 1 N–H and O–H groups in total. The number of carbonyl (C=O) groups excluding carboxylic acids is 1. The summed E-state index contributed by atoms with van der Waals surface area (Å²) in [5, 5.41) is 3.79. The van der Waals surface area contributed by atoms with Crippen molar-refractivity contribution in [1.82, 2.24) is 10.3 Å². The number of pyridine rings is 1. The van der Waals surface area contributed by atoms with Crippen LogP contribution in [0.25, 0.3) is 10.9 Å². The van der Waals surface area contributed by atoms with Gasteiger partial charge in [-0.05, 0) is 29.8 Å². The van der Waals surface area contributed by atoms with Crippen LogP contribution in [0.4, 0.5) is 0 Å². The topological polar surface area (TPSA) is 69.7 Å². The number of nitrogens with zero attached hydrogens (tertiary/aromatic N) is 1. The minimum atomic E-state index is -0.215. The lowest BCUT2D eigenvalue weighted by atomic mass is 10.2. The second-order valence-electron chi connectivity index (χ2n) is 5.59. The maximum atomic E-state index is 12.1. The monoisotopic (exact) mass is 352 g/mol. The van der Waals surface area contributed by atoms with Gasteiger partial charge >= 0.3 is 0 Å². The lowest BCUT2D eigenvalue weighted by molar-refractivity contribution is -0.123. The molecule has 26 heavy (non-hydrogen) atoms. The van der Waals surface area contributed by atoms with E-state index in [4.69, 9.17) is 14.2 Å². The van der Waals surface area contributed by atoms with Crippen LogP contribution in [-0.4, -0.2) is 31.7 Å². The summed E-state index contributed by atoms with van der Waals surface area (Å²) in [5.74, 6) is 1.64. The van der Waals surface area contributed by atoms with E-state index in [2.05, 4.69) is 10.3 Å². The van der Waals surface area contributed by atoms with Crippen LogP contribution in [0, 0.1) is 0 Å². The number of methoxy groups -OCH3 is 2. The van der Waals surface area contributed by atoms with E-state index in [-0.39, 0.29) is 12.5 Å². The summed E-state index contributed by atoms with van der Waals surface area (Å²) >= 11 is 0. The molecule has 0 aliphatic heterocycles. The van der Waals surface area contributed by atoms with E-state index in [9.17, 15) is 4.79 Å². The number of hydrogen-bond acceptors (Lipinski definition) is 5. The minimum Gasteiger partial charge on any atom is -0.493 e. The lowest BCUT2D eigenvalue weighted by Gasteiger charge is -2.11. The first kappa shape index (κ1) is 17.5. The van der Waals surface area contributed by atoms with Gasteiger partial charge in [-0.2, -0.15) is 0 Å². The molecule has 0 bridgehead atoms. The van der Waals surface area contributed by atoms with Crippen LogP contribution in [0.3, 0.4) is 0 Å². The van der Waals surface area contributed by atoms with E-state index in [1.54, 1.807) is 32.5 Å². The number of benzene rings is 2. The van der Waals surface area contributed by atoms with Gasteiger partial charge in [-0.25, -0.2) is 0 Å². The molecule has 0 spiro atoms. The summed E-state index contributed by atoms with van der Waals surface area (Å²) in [6, 6.07) is 14.9. The first-order valence-electron chi connectivity index (χ1n) is 8.15. The average Bonchev–Trinajstić information content (AvgIpc) is 2.70.